The van der Waals surface area contributed by atoms with Gasteiger partial charge in [-0.1, -0.05) is 30.3 Å². The molecule has 3 aromatic rings. The summed E-state index contributed by atoms with van der Waals surface area (Å²) in [6.45, 7) is 5.89. The molecule has 48 heavy (non-hydrogen) atoms. The van der Waals surface area contributed by atoms with Crippen LogP contribution < -0.4 is 14.5 Å². The van der Waals surface area contributed by atoms with Gasteiger partial charge in [-0.3, -0.25) is 24.5 Å². The number of carbonyl (C=O) groups is 3. The topological polar surface area (TPSA) is 151 Å². The Bertz CT molecular complexity index is 1860. The predicted molar refractivity (Wildman–Crippen MR) is 180 cm³/mol. The first-order valence-electron chi connectivity index (χ1n) is 15.8. The molecule has 3 aromatic carbocycles. The maximum Gasteiger partial charge on any atom is 0.289 e. The summed E-state index contributed by atoms with van der Waals surface area (Å²) in [5.74, 6) is -0.429. The van der Waals surface area contributed by atoms with E-state index >= 15 is 0 Å². The zero-order valence-corrected chi connectivity index (χ0v) is 28.2. The number of fused-ring (bicyclic) bond motifs is 2. The van der Waals surface area contributed by atoms with Gasteiger partial charge in [0.2, 0.25) is 21.8 Å². The maximum absolute atomic E-state index is 13.9. The fraction of sp³-hybridized carbons (Fsp3) is 0.382. The van der Waals surface area contributed by atoms with Crippen LogP contribution in [0.4, 0.5) is 17.1 Å². The highest BCUT2D eigenvalue weighted by molar-refractivity contribution is 7.89. The third-order valence-corrected chi connectivity index (χ3v) is 10.8. The van der Waals surface area contributed by atoms with Gasteiger partial charge in [-0.25, -0.2) is 8.42 Å². The van der Waals surface area contributed by atoms with E-state index in [0.717, 1.165) is 15.9 Å². The van der Waals surface area contributed by atoms with E-state index in [9.17, 15) is 32.9 Å². The van der Waals surface area contributed by atoms with Crippen molar-refractivity contribution >= 4 is 44.8 Å². The van der Waals surface area contributed by atoms with Crippen molar-refractivity contribution in [2.24, 2.45) is 5.41 Å². The van der Waals surface area contributed by atoms with Gasteiger partial charge >= 0.3 is 0 Å². The smallest absolute Gasteiger partial charge is 0.289 e. The molecule has 254 valence electrons. The predicted octanol–water partition coefficient (Wildman–Crippen LogP) is 4.11. The Morgan fingerprint density at radius 1 is 0.958 bits per heavy atom. The summed E-state index contributed by atoms with van der Waals surface area (Å²) in [5, 5.41) is 11.7. The van der Waals surface area contributed by atoms with Gasteiger partial charge in [-0.05, 0) is 63.4 Å². The molecule has 2 aliphatic heterocycles. The lowest BCUT2D eigenvalue weighted by atomic mass is 9.90. The number of nitro groups is 1. The molecular weight excluding hydrogens is 638 g/mol. The van der Waals surface area contributed by atoms with E-state index in [-0.39, 0.29) is 50.4 Å². The van der Waals surface area contributed by atoms with Gasteiger partial charge in [0.15, 0.2) is 4.90 Å². The minimum absolute atomic E-state index is 0.0391. The Hall–Kier alpha value is -4.82. The van der Waals surface area contributed by atoms with Gasteiger partial charge in [-0.15, -0.1) is 0 Å². The number of sulfonamides is 1. The zero-order chi connectivity index (χ0) is 34.8. The minimum Gasteiger partial charge on any atom is -0.493 e. The van der Waals surface area contributed by atoms with Gasteiger partial charge in [0.05, 0.1) is 22.9 Å². The number of carbonyl (C=O) groups excluding carboxylic acids is 3. The fourth-order valence-electron chi connectivity index (χ4n) is 6.14. The second-order valence-corrected chi connectivity index (χ2v) is 14.1. The quantitative estimate of drug-likeness (QED) is 0.120. The van der Waals surface area contributed by atoms with Gasteiger partial charge in [0.25, 0.3) is 11.6 Å². The molecule has 0 atom stereocenters. The van der Waals surface area contributed by atoms with Crippen LogP contribution in [-0.2, 0) is 26.0 Å². The highest BCUT2D eigenvalue weighted by Crippen LogP contribution is 2.40. The number of rotatable bonds is 12. The third-order valence-electron chi connectivity index (χ3n) is 8.84. The highest BCUT2D eigenvalue weighted by Gasteiger charge is 2.45. The summed E-state index contributed by atoms with van der Waals surface area (Å²) >= 11 is 0. The summed E-state index contributed by atoms with van der Waals surface area (Å²) in [7, 11) is -2.73. The molecule has 0 aliphatic carbocycles. The molecule has 0 radical (unpaired) electrons. The van der Waals surface area contributed by atoms with Crippen molar-refractivity contribution in [1.29, 1.82) is 0 Å². The Morgan fingerprint density at radius 2 is 1.67 bits per heavy atom. The maximum atomic E-state index is 13.9. The second kappa shape index (κ2) is 13.7. The van der Waals surface area contributed by atoms with Crippen molar-refractivity contribution in [3.63, 3.8) is 0 Å². The SMILES string of the molecule is CCN1C(=O)C(C)(C)C(=O)N(C)c2cc(OCCCN(CCN3CCc4ccccc4C3=O)S(=O)(=O)c3ccccc3[N+](=O)[O-])ccc21. The Kier molecular flexibility index (Phi) is 9.87. The molecule has 0 fully saturated rings. The van der Waals surface area contributed by atoms with Crippen LogP contribution in [0.15, 0.2) is 71.6 Å². The van der Waals surface area contributed by atoms with E-state index in [1.54, 1.807) is 61.0 Å². The van der Waals surface area contributed by atoms with Crippen LogP contribution in [0.1, 0.15) is 43.1 Å². The number of nitrogens with zero attached hydrogens (tertiary/aromatic N) is 5. The molecule has 0 bridgehead atoms. The standard InChI is InChI=1S/C34H39N5O8S/c1-5-38-27-16-15-25(23-29(27)35(4)32(41)34(2,3)33(38)42)47-22-10-18-37(48(45,46)30-14-9-8-13-28(30)39(43)44)21-20-36-19-17-24-11-6-7-12-26(24)31(36)40/h6-9,11-16,23H,5,10,17-22H2,1-4H3. The van der Waals surface area contributed by atoms with Crippen molar-refractivity contribution in [3.8, 4) is 5.75 Å². The monoisotopic (exact) mass is 677 g/mol. The lowest BCUT2D eigenvalue weighted by molar-refractivity contribution is -0.387. The molecule has 0 spiro atoms. The van der Waals surface area contributed by atoms with E-state index in [1.165, 1.54) is 23.1 Å². The van der Waals surface area contributed by atoms with E-state index in [1.807, 2.05) is 19.1 Å². The van der Waals surface area contributed by atoms with Crippen molar-refractivity contribution in [1.82, 2.24) is 9.21 Å². The van der Waals surface area contributed by atoms with Crippen LogP contribution in [0.3, 0.4) is 0 Å². The number of benzene rings is 3. The molecule has 0 saturated heterocycles. The summed E-state index contributed by atoms with van der Waals surface area (Å²) in [5.41, 5.74) is 0.808. The minimum atomic E-state index is -4.34. The average molecular weight is 678 g/mol. The molecule has 0 unspecified atom stereocenters. The first-order chi connectivity index (χ1) is 22.8. The van der Waals surface area contributed by atoms with Crippen LogP contribution in [-0.4, -0.2) is 86.6 Å². The van der Waals surface area contributed by atoms with Crippen LogP contribution in [0.2, 0.25) is 0 Å². The Balaban J connectivity index is 1.33. The van der Waals surface area contributed by atoms with E-state index < -0.39 is 30.9 Å². The molecule has 2 heterocycles. The summed E-state index contributed by atoms with van der Waals surface area (Å²) in [4.78, 5) is 54.7. The molecule has 14 heteroatoms. The summed E-state index contributed by atoms with van der Waals surface area (Å²) in [6.07, 6.45) is 0.852. The molecule has 13 nitrogen and oxygen atoms in total. The Morgan fingerprint density at radius 3 is 2.40 bits per heavy atom. The van der Waals surface area contributed by atoms with Crippen LogP contribution in [0, 0.1) is 15.5 Å². The number of hydrogen-bond donors (Lipinski definition) is 0. The summed E-state index contributed by atoms with van der Waals surface area (Å²) < 4.78 is 34.9. The van der Waals surface area contributed by atoms with Gasteiger partial charge < -0.3 is 19.4 Å². The number of amides is 3. The molecule has 5 rings (SSSR count). The third kappa shape index (κ3) is 6.49. The zero-order valence-electron chi connectivity index (χ0n) is 27.4. The van der Waals surface area contributed by atoms with Crippen molar-refractivity contribution in [2.75, 3.05) is 56.2 Å². The molecule has 0 N–H and O–H groups in total. The number of nitro benzene ring substituents is 1. The van der Waals surface area contributed by atoms with Crippen molar-refractivity contribution in [3.05, 3.63) is 88.0 Å². The van der Waals surface area contributed by atoms with Gasteiger partial charge in [0.1, 0.15) is 11.2 Å². The van der Waals surface area contributed by atoms with Gasteiger partial charge in [0, 0.05) is 57.5 Å². The molecular formula is C34H39N5O8S. The largest absolute Gasteiger partial charge is 0.493 e. The fourth-order valence-corrected chi connectivity index (χ4v) is 7.77. The molecule has 2 aliphatic rings. The lowest BCUT2D eigenvalue weighted by Gasteiger charge is -2.31. The first kappa shape index (κ1) is 34.5. The van der Waals surface area contributed by atoms with E-state index in [2.05, 4.69) is 0 Å². The van der Waals surface area contributed by atoms with Crippen molar-refractivity contribution in [2.45, 2.75) is 38.5 Å². The van der Waals surface area contributed by atoms with Crippen LogP contribution in [0.25, 0.3) is 0 Å². The number of anilines is 2. The summed E-state index contributed by atoms with van der Waals surface area (Å²) in [6, 6.07) is 17.6. The Labute approximate surface area is 279 Å². The van der Waals surface area contributed by atoms with E-state index in [4.69, 9.17) is 4.74 Å². The first-order valence-corrected chi connectivity index (χ1v) is 17.2. The molecule has 3 amide bonds. The lowest BCUT2D eigenvalue weighted by Crippen LogP contribution is -2.47. The van der Waals surface area contributed by atoms with E-state index in [0.29, 0.717) is 42.2 Å². The molecule has 0 aromatic heterocycles. The van der Waals surface area contributed by atoms with Crippen LogP contribution in [0.5, 0.6) is 5.75 Å². The number of hydrogen-bond acceptors (Lipinski definition) is 8. The van der Waals surface area contributed by atoms with Gasteiger partial charge in [-0.2, -0.15) is 4.31 Å². The number of ether oxygens (including phenoxy) is 1. The average Bonchev–Trinajstić information content (AvgIpc) is 3.12. The molecule has 0 saturated carbocycles. The van der Waals surface area contributed by atoms with Crippen LogP contribution >= 0.6 is 0 Å². The number of para-hydroxylation sites is 1. The highest BCUT2D eigenvalue weighted by atomic mass is 32.2. The second-order valence-electron chi connectivity index (χ2n) is 12.2. The van der Waals surface area contributed by atoms with Crippen molar-refractivity contribution < 1.29 is 32.5 Å². The normalized spacial score (nSPS) is 16.1.